The van der Waals surface area contributed by atoms with E-state index in [1.165, 1.54) is 6.07 Å². The fourth-order valence-corrected chi connectivity index (χ4v) is 2.00. The van der Waals surface area contributed by atoms with Crippen LogP contribution in [0.4, 0.5) is 10.2 Å². The highest BCUT2D eigenvalue weighted by Crippen LogP contribution is 2.21. The number of nitrogens with zero attached hydrogens (tertiary/aromatic N) is 2. The first-order valence-corrected chi connectivity index (χ1v) is 7.54. The smallest absolute Gasteiger partial charge is 0.168 e. The van der Waals surface area contributed by atoms with Gasteiger partial charge in [-0.05, 0) is 41.4 Å². The average molecular weight is 354 g/mol. The molecule has 6 heteroatoms. The van der Waals surface area contributed by atoms with E-state index in [1.807, 2.05) is 13.0 Å². The lowest BCUT2D eigenvalue weighted by molar-refractivity contribution is 0.294. The molecule has 1 N–H and O–H groups in total. The summed E-state index contributed by atoms with van der Waals surface area (Å²) in [7, 11) is 0. The van der Waals surface area contributed by atoms with Crippen molar-refractivity contribution in [3.05, 3.63) is 46.1 Å². The maximum Gasteiger partial charge on any atom is 0.168 e. The highest BCUT2D eigenvalue weighted by atomic mass is 79.9. The van der Waals surface area contributed by atoms with Crippen LogP contribution in [-0.4, -0.2) is 16.5 Å². The number of benzene rings is 1. The molecule has 1 heterocycles. The van der Waals surface area contributed by atoms with Crippen molar-refractivity contribution in [3.8, 4) is 5.75 Å². The first-order chi connectivity index (χ1) is 10.1. The number of aromatic nitrogens is 2. The van der Waals surface area contributed by atoms with Gasteiger partial charge < -0.3 is 10.1 Å². The Morgan fingerprint density at radius 2 is 2.10 bits per heavy atom. The second-order valence-corrected chi connectivity index (χ2v) is 5.46. The quantitative estimate of drug-likeness (QED) is 0.849. The molecule has 0 radical (unpaired) electrons. The lowest BCUT2D eigenvalue weighted by atomic mass is 10.3. The summed E-state index contributed by atoms with van der Waals surface area (Å²) in [6, 6.07) is 6.52. The molecule has 0 fully saturated rings. The number of ether oxygens (including phenoxy) is 1. The highest BCUT2D eigenvalue weighted by molar-refractivity contribution is 9.10. The molecule has 0 amide bonds. The van der Waals surface area contributed by atoms with E-state index in [4.69, 9.17) is 4.74 Å². The Kier molecular flexibility index (Phi) is 5.50. The van der Waals surface area contributed by atoms with Crippen molar-refractivity contribution >= 4 is 21.7 Å². The summed E-state index contributed by atoms with van der Waals surface area (Å²) in [5.74, 6) is 1.44. The van der Waals surface area contributed by atoms with Crippen molar-refractivity contribution in [2.75, 3.05) is 11.9 Å². The van der Waals surface area contributed by atoms with Gasteiger partial charge in [0.15, 0.2) is 5.82 Å². The Labute approximate surface area is 131 Å². The SMILES string of the molecule is CCCNc1cc(C)nc(COc2ccc(Br)c(F)c2)n1. The molecule has 21 heavy (non-hydrogen) atoms. The minimum absolute atomic E-state index is 0.198. The number of aryl methyl sites for hydroxylation is 1. The third-order valence-corrected chi connectivity index (χ3v) is 3.36. The van der Waals surface area contributed by atoms with Crippen LogP contribution in [0.5, 0.6) is 5.75 Å². The van der Waals surface area contributed by atoms with Crippen molar-refractivity contribution in [2.45, 2.75) is 26.9 Å². The molecule has 0 aliphatic rings. The fourth-order valence-electron chi connectivity index (χ4n) is 1.75. The zero-order valence-corrected chi connectivity index (χ0v) is 13.6. The summed E-state index contributed by atoms with van der Waals surface area (Å²) >= 11 is 3.10. The summed E-state index contributed by atoms with van der Waals surface area (Å²) in [5.41, 5.74) is 0.865. The summed E-state index contributed by atoms with van der Waals surface area (Å²) in [6.07, 6.45) is 1.02. The van der Waals surface area contributed by atoms with Gasteiger partial charge >= 0.3 is 0 Å². The lowest BCUT2D eigenvalue weighted by Crippen LogP contribution is -2.08. The minimum atomic E-state index is -0.358. The number of hydrogen-bond acceptors (Lipinski definition) is 4. The number of hydrogen-bond donors (Lipinski definition) is 1. The molecule has 112 valence electrons. The molecule has 0 saturated heterocycles. The van der Waals surface area contributed by atoms with Gasteiger partial charge in [-0.15, -0.1) is 0 Å². The van der Waals surface area contributed by atoms with Crippen LogP contribution in [0.25, 0.3) is 0 Å². The molecule has 0 aliphatic heterocycles. The minimum Gasteiger partial charge on any atom is -0.486 e. The summed E-state index contributed by atoms with van der Waals surface area (Å²) in [6.45, 7) is 5.05. The maximum atomic E-state index is 13.4. The largest absolute Gasteiger partial charge is 0.486 e. The van der Waals surface area contributed by atoms with Gasteiger partial charge in [0.05, 0.1) is 4.47 Å². The van der Waals surface area contributed by atoms with E-state index in [1.54, 1.807) is 12.1 Å². The molecule has 1 aromatic carbocycles. The first kappa shape index (κ1) is 15.7. The zero-order valence-electron chi connectivity index (χ0n) is 12.0. The molecule has 0 bridgehead atoms. The molecule has 1 aromatic heterocycles. The van der Waals surface area contributed by atoms with Crippen molar-refractivity contribution in [1.82, 2.24) is 9.97 Å². The second kappa shape index (κ2) is 7.36. The Morgan fingerprint density at radius 3 is 2.81 bits per heavy atom. The lowest BCUT2D eigenvalue weighted by Gasteiger charge is -2.09. The predicted octanol–water partition coefficient (Wildman–Crippen LogP) is 4.09. The van der Waals surface area contributed by atoms with Gasteiger partial charge in [-0.1, -0.05) is 6.92 Å². The van der Waals surface area contributed by atoms with E-state index in [-0.39, 0.29) is 12.4 Å². The number of halogens is 2. The highest BCUT2D eigenvalue weighted by Gasteiger charge is 2.05. The summed E-state index contributed by atoms with van der Waals surface area (Å²) in [5, 5.41) is 3.22. The monoisotopic (exact) mass is 353 g/mol. The standard InChI is InChI=1S/C15H17BrFN3O/c1-3-6-18-14-7-10(2)19-15(20-14)9-21-11-4-5-12(16)13(17)8-11/h4-5,7-8H,3,6,9H2,1-2H3,(H,18,19,20). The van der Waals surface area contributed by atoms with E-state index in [2.05, 4.69) is 38.1 Å². The van der Waals surface area contributed by atoms with Crippen molar-refractivity contribution in [2.24, 2.45) is 0 Å². The van der Waals surface area contributed by atoms with Gasteiger partial charge in [0.2, 0.25) is 0 Å². The van der Waals surface area contributed by atoms with Gasteiger partial charge in [0, 0.05) is 24.4 Å². The van der Waals surface area contributed by atoms with Crippen LogP contribution < -0.4 is 10.1 Å². The van der Waals surface area contributed by atoms with Crippen molar-refractivity contribution < 1.29 is 9.13 Å². The van der Waals surface area contributed by atoms with Crippen molar-refractivity contribution in [3.63, 3.8) is 0 Å². The van der Waals surface area contributed by atoms with Crippen LogP contribution in [0.15, 0.2) is 28.7 Å². The van der Waals surface area contributed by atoms with Crippen LogP contribution in [0.2, 0.25) is 0 Å². The molecule has 2 aromatic rings. The van der Waals surface area contributed by atoms with E-state index >= 15 is 0 Å². The molecule has 0 unspecified atom stereocenters. The third-order valence-electron chi connectivity index (χ3n) is 2.72. The molecule has 0 atom stereocenters. The van der Waals surface area contributed by atoms with Crippen LogP contribution in [0.1, 0.15) is 24.9 Å². The van der Waals surface area contributed by atoms with Crippen LogP contribution in [-0.2, 0) is 6.61 Å². The van der Waals surface area contributed by atoms with Crippen LogP contribution in [0.3, 0.4) is 0 Å². The zero-order chi connectivity index (χ0) is 15.2. The fraction of sp³-hybridized carbons (Fsp3) is 0.333. The Bertz CT molecular complexity index is 622. The number of nitrogens with one attached hydrogen (secondary N) is 1. The number of anilines is 1. The number of rotatable bonds is 6. The second-order valence-electron chi connectivity index (χ2n) is 4.60. The van der Waals surface area contributed by atoms with Crippen LogP contribution in [0, 0.1) is 12.7 Å². The summed E-state index contributed by atoms with van der Waals surface area (Å²) < 4.78 is 19.3. The molecule has 0 saturated carbocycles. The summed E-state index contributed by atoms with van der Waals surface area (Å²) in [4.78, 5) is 8.69. The van der Waals surface area contributed by atoms with Gasteiger partial charge in [-0.25, -0.2) is 14.4 Å². The van der Waals surface area contributed by atoms with E-state index in [9.17, 15) is 4.39 Å². The molecule has 4 nitrogen and oxygen atoms in total. The van der Waals surface area contributed by atoms with Crippen LogP contribution >= 0.6 is 15.9 Å². The van der Waals surface area contributed by atoms with Gasteiger partial charge in [-0.3, -0.25) is 0 Å². The van der Waals surface area contributed by atoms with Gasteiger partial charge in [0.25, 0.3) is 0 Å². The molecule has 0 aliphatic carbocycles. The van der Waals surface area contributed by atoms with Crippen molar-refractivity contribution in [1.29, 1.82) is 0 Å². The third kappa shape index (κ3) is 4.67. The van der Waals surface area contributed by atoms with E-state index in [0.29, 0.717) is 16.0 Å². The van der Waals surface area contributed by atoms with Gasteiger partial charge in [-0.2, -0.15) is 0 Å². The Balaban J connectivity index is 2.05. The molecular formula is C15H17BrFN3O. The maximum absolute atomic E-state index is 13.4. The van der Waals surface area contributed by atoms with E-state index < -0.39 is 0 Å². The average Bonchev–Trinajstić information content (AvgIpc) is 2.46. The molecule has 2 rings (SSSR count). The first-order valence-electron chi connectivity index (χ1n) is 6.74. The molecule has 0 spiro atoms. The predicted molar refractivity (Wildman–Crippen MR) is 84.0 cm³/mol. The van der Waals surface area contributed by atoms with Gasteiger partial charge in [0.1, 0.15) is 24.0 Å². The topological polar surface area (TPSA) is 47.0 Å². The van der Waals surface area contributed by atoms with E-state index in [0.717, 1.165) is 24.5 Å². The Hall–Kier alpha value is -1.69. The Morgan fingerprint density at radius 1 is 1.29 bits per heavy atom. The molecular weight excluding hydrogens is 337 g/mol. The normalized spacial score (nSPS) is 10.5.